The Morgan fingerprint density at radius 3 is 2.21 bits per heavy atom. The van der Waals surface area contributed by atoms with E-state index in [4.69, 9.17) is 10.5 Å². The van der Waals surface area contributed by atoms with Gasteiger partial charge in [-0.05, 0) is 77.2 Å². The van der Waals surface area contributed by atoms with Gasteiger partial charge in [0, 0.05) is 61.1 Å². The number of hydrogen-bond donors (Lipinski definition) is 10. The molecule has 0 saturated carbocycles. The summed E-state index contributed by atoms with van der Waals surface area (Å²) in [6, 6.07) is -0.996. The summed E-state index contributed by atoms with van der Waals surface area (Å²) in [4.78, 5) is 133. The molecule has 7 amide bonds. The molecule has 0 aliphatic carbocycles. The van der Waals surface area contributed by atoms with Crippen LogP contribution in [0.15, 0.2) is 23.2 Å². The number of hydrogen-bond acceptors (Lipinski definition) is 15. The molecule has 0 spiro atoms. The number of aliphatic hydroxyl groups is 3. The number of primary amides is 1. The van der Waals surface area contributed by atoms with E-state index in [0.29, 0.717) is 29.7 Å². The SMILES string of the molecule is C.CC[C@H](C)[C@@H]1NC(=O)CNC(=O)[C@H]2CC(=O)[C@H]([C@@H](C)[C@@H](O)CO)NC(=O)[C@@H]3C[C@@H](O)CN3C(=O)[C@H](CC(N)=O)CC(=O)[C@H](CS(=O)c3[nH]c4cc(OCCCCCCN(C)C(C)(C)C)ccc4c3C2)NC(=O)CNC1=O. The van der Waals surface area contributed by atoms with Crippen molar-refractivity contribution < 1.29 is 67.4 Å². The average Bonchev–Trinajstić information content (AvgIpc) is 3.95. The second kappa shape index (κ2) is 28.7. The third kappa shape index (κ3) is 17.3. The van der Waals surface area contributed by atoms with Crippen LogP contribution in [-0.4, -0.2) is 181 Å². The molecule has 1 unspecified atom stereocenters. The number of aromatic nitrogens is 1. The van der Waals surface area contributed by atoms with E-state index < -0.39 is 175 Å². The molecule has 24 heteroatoms. The molecule has 1 saturated heterocycles. The van der Waals surface area contributed by atoms with Crippen LogP contribution in [0.4, 0.5) is 0 Å². The Kier molecular flexibility index (Phi) is 23.7. The van der Waals surface area contributed by atoms with Crippen LogP contribution in [0.5, 0.6) is 5.75 Å². The lowest BCUT2D eigenvalue weighted by Gasteiger charge is -2.32. The number of carbonyl (C=O) groups is 9. The van der Waals surface area contributed by atoms with Gasteiger partial charge in [0.25, 0.3) is 0 Å². The predicted octanol–water partition coefficient (Wildman–Crippen LogP) is -0.139. The van der Waals surface area contributed by atoms with Gasteiger partial charge >= 0.3 is 0 Å². The summed E-state index contributed by atoms with van der Waals surface area (Å²) < 4.78 is 21.2. The summed E-state index contributed by atoms with van der Waals surface area (Å²) in [7, 11) is -0.200. The summed E-state index contributed by atoms with van der Waals surface area (Å²) in [6.07, 6.45) is -1.74. The van der Waals surface area contributed by atoms with Crippen molar-refractivity contribution in [2.45, 2.75) is 160 Å². The molecule has 0 radical (unpaired) electrons. The number of Topliss-reactive ketones (excluding diaryl/α,β-unsaturated/α-hetero) is 2. The van der Waals surface area contributed by atoms with Crippen molar-refractivity contribution >= 4 is 74.6 Å². The maximum absolute atomic E-state index is 15.0. The number of aromatic amines is 1. The van der Waals surface area contributed by atoms with Gasteiger partial charge < -0.3 is 67.2 Å². The Hall–Kier alpha value is -5.82. The lowest BCUT2D eigenvalue weighted by atomic mass is 9.85. The summed E-state index contributed by atoms with van der Waals surface area (Å²) in [6.45, 7) is 9.94. The van der Waals surface area contributed by atoms with Gasteiger partial charge in [0.1, 0.15) is 22.9 Å². The number of nitrogens with one attached hydrogen (secondary N) is 6. The fourth-order valence-electron chi connectivity index (χ4n) is 9.67. The Labute approximate surface area is 453 Å². The predicted molar refractivity (Wildman–Crippen MR) is 286 cm³/mol. The van der Waals surface area contributed by atoms with E-state index in [2.05, 4.69) is 64.3 Å². The molecular formula is C53H83N9O14S. The molecule has 4 heterocycles. The minimum Gasteiger partial charge on any atom is -0.494 e. The molecule has 430 valence electrons. The number of ether oxygens (including phenoxy) is 1. The van der Waals surface area contributed by atoms with Crippen molar-refractivity contribution in [2.75, 3.05) is 52.2 Å². The largest absolute Gasteiger partial charge is 0.494 e. The van der Waals surface area contributed by atoms with E-state index in [1.807, 2.05) is 0 Å². The number of rotatable bonds is 15. The van der Waals surface area contributed by atoms with Crippen LogP contribution in [0.3, 0.4) is 0 Å². The van der Waals surface area contributed by atoms with Crippen LogP contribution >= 0.6 is 0 Å². The second-order valence-electron chi connectivity index (χ2n) is 21.6. The maximum atomic E-state index is 15.0. The first-order valence-electron chi connectivity index (χ1n) is 26.3. The van der Waals surface area contributed by atoms with Crippen molar-refractivity contribution in [1.29, 1.82) is 0 Å². The fourth-order valence-corrected chi connectivity index (χ4v) is 11.1. The van der Waals surface area contributed by atoms with E-state index in [0.717, 1.165) is 37.1 Å². The van der Waals surface area contributed by atoms with Crippen LogP contribution in [-0.2, 0) is 60.4 Å². The number of aliphatic hydroxyl groups excluding tert-OH is 3. The molecule has 1 fully saturated rings. The molecule has 2 aromatic rings. The minimum absolute atomic E-state index is 0. The number of benzene rings is 1. The Balaban J connectivity index is 0.0000128. The molecule has 2 bridgehead atoms. The number of H-pyrrole nitrogens is 1. The minimum atomic E-state index is -2.30. The van der Waals surface area contributed by atoms with Crippen LogP contribution in [0.2, 0.25) is 0 Å². The maximum Gasteiger partial charge on any atom is 0.243 e. The first-order valence-corrected chi connectivity index (χ1v) is 27.6. The van der Waals surface area contributed by atoms with Gasteiger partial charge in [-0.1, -0.05) is 47.5 Å². The highest BCUT2D eigenvalue weighted by atomic mass is 32.2. The molecule has 5 rings (SSSR count). The molecule has 23 nitrogen and oxygen atoms in total. The zero-order chi connectivity index (χ0) is 56.2. The van der Waals surface area contributed by atoms with E-state index in [-0.39, 0.29) is 36.4 Å². The quantitative estimate of drug-likeness (QED) is 0.104. The number of carbonyl (C=O) groups excluding carboxylic acids is 9. The standard InChI is InChI=1S/C52H79N9O14S.CH4/c1-8-28(2)45-49(72)55-23-43(68)56-37-27-76(74)50-35(34-14-13-33(22-36(34)57-50)75-16-12-10-9-11-15-60(7)52(4,5)6)17-30(47(70)54-24-44(69)58-45)18-40(65)46(29(3)41(66)26-62)59-48(71)38-21-32(63)25-61(38)51(73)31(19-39(37)64)20-42(53)67;/h13-14,22,28-32,37-38,41,45-46,57,62-63,66H,8-12,15-21,23-27H2,1-7H3,(H2,53,67)(H,54,70)(H,55,72)(H,56,68)(H,58,69)(H,59,71);1H4/t28-,29-,30+,31-,32+,37-,38-,41-,45-,46-,76?;/m0./s1. The number of unbranched alkanes of at least 4 members (excludes halogenated alkanes) is 3. The van der Waals surface area contributed by atoms with Gasteiger partial charge in [-0.2, -0.15) is 0 Å². The summed E-state index contributed by atoms with van der Waals surface area (Å²) in [5, 5.41) is 44.9. The van der Waals surface area contributed by atoms with Gasteiger partial charge in [0.2, 0.25) is 41.4 Å². The molecule has 1 aromatic heterocycles. The third-order valence-electron chi connectivity index (χ3n) is 14.9. The summed E-state index contributed by atoms with van der Waals surface area (Å²) >= 11 is 0. The number of ketones is 2. The topological polar surface area (TPSA) is 349 Å². The molecule has 77 heavy (non-hydrogen) atoms. The smallest absolute Gasteiger partial charge is 0.243 e. The Bertz CT molecular complexity index is 2480. The molecule has 3 aliphatic rings. The zero-order valence-electron chi connectivity index (χ0n) is 44.7. The number of nitrogens with two attached hydrogens (primary N) is 1. The first-order chi connectivity index (χ1) is 35.8. The average molecular weight is 1100 g/mol. The summed E-state index contributed by atoms with van der Waals surface area (Å²) in [5.74, 6) is -12.9. The van der Waals surface area contributed by atoms with Gasteiger partial charge in [-0.3, -0.25) is 47.4 Å². The lowest BCUT2D eigenvalue weighted by Crippen LogP contribution is -2.56. The first kappa shape index (κ1) is 63.7. The van der Waals surface area contributed by atoms with Crippen molar-refractivity contribution in [2.24, 2.45) is 29.4 Å². The van der Waals surface area contributed by atoms with Crippen LogP contribution < -0.4 is 37.1 Å². The van der Waals surface area contributed by atoms with Crippen LogP contribution in [0.25, 0.3) is 10.9 Å². The molecule has 3 aliphatic heterocycles. The molecule has 11 N–H and O–H groups in total. The van der Waals surface area contributed by atoms with Crippen LogP contribution in [0.1, 0.15) is 112 Å². The van der Waals surface area contributed by atoms with Crippen LogP contribution in [0, 0.1) is 23.7 Å². The highest BCUT2D eigenvalue weighted by molar-refractivity contribution is 7.85. The molecule has 11 atom stereocenters. The third-order valence-corrected chi connectivity index (χ3v) is 16.4. The highest BCUT2D eigenvalue weighted by Crippen LogP contribution is 2.33. The number of fused-ring (bicyclic) bond motifs is 5. The van der Waals surface area contributed by atoms with Crippen molar-refractivity contribution in [3.63, 3.8) is 0 Å². The van der Waals surface area contributed by atoms with E-state index >= 15 is 4.21 Å². The van der Waals surface area contributed by atoms with Crippen molar-refractivity contribution in [3.05, 3.63) is 23.8 Å². The van der Waals surface area contributed by atoms with E-state index in [1.54, 1.807) is 32.0 Å². The van der Waals surface area contributed by atoms with E-state index in [9.17, 15) is 58.5 Å². The Morgan fingerprint density at radius 1 is 0.896 bits per heavy atom. The lowest BCUT2D eigenvalue weighted by molar-refractivity contribution is -0.145. The van der Waals surface area contributed by atoms with Crippen molar-refractivity contribution in [1.82, 2.24) is 41.4 Å². The monoisotopic (exact) mass is 1100 g/mol. The highest BCUT2D eigenvalue weighted by Gasteiger charge is 2.45. The molecule has 1 aromatic carbocycles. The molecular weight excluding hydrogens is 1020 g/mol. The summed E-state index contributed by atoms with van der Waals surface area (Å²) in [5.41, 5.74) is 6.29. The normalized spacial score (nSPS) is 26.0. The van der Waals surface area contributed by atoms with Gasteiger partial charge in [-0.15, -0.1) is 0 Å². The Morgan fingerprint density at radius 2 is 1.56 bits per heavy atom. The second-order valence-corrected chi connectivity index (χ2v) is 23.0. The van der Waals surface area contributed by atoms with Gasteiger partial charge in [-0.25, -0.2) is 0 Å². The fraction of sp³-hybridized carbons (Fsp3) is 0.679. The van der Waals surface area contributed by atoms with Gasteiger partial charge in [0.05, 0.1) is 78.6 Å². The number of nitrogens with zero attached hydrogens (tertiary/aromatic N) is 2. The van der Waals surface area contributed by atoms with Crippen molar-refractivity contribution in [3.8, 4) is 5.75 Å². The zero-order valence-corrected chi connectivity index (χ0v) is 45.6. The van der Waals surface area contributed by atoms with E-state index in [1.165, 1.54) is 6.92 Å². The van der Waals surface area contributed by atoms with Gasteiger partial charge in [0.15, 0.2) is 11.6 Å². The number of amides is 7.